The van der Waals surface area contributed by atoms with Gasteiger partial charge in [0.2, 0.25) is 0 Å². The summed E-state index contributed by atoms with van der Waals surface area (Å²) < 4.78 is 0. The lowest BCUT2D eigenvalue weighted by atomic mass is 9.42. The number of Topliss-reactive ketones (excluding diaryl/α,β-unsaturated/α-hetero) is 2. The molecule has 3 unspecified atom stereocenters. The second-order valence-electron chi connectivity index (χ2n) is 17.6. The molecular formula is C38H52O6. The van der Waals surface area contributed by atoms with Crippen molar-refractivity contribution in [2.75, 3.05) is 0 Å². The summed E-state index contributed by atoms with van der Waals surface area (Å²) in [5.74, 6) is 2.04. The summed E-state index contributed by atoms with van der Waals surface area (Å²) in [5, 5.41) is 33.8. The molecule has 6 nitrogen and oxygen atoms in total. The van der Waals surface area contributed by atoms with Crippen LogP contribution in [0.5, 0.6) is 0 Å². The molecule has 0 heterocycles. The van der Waals surface area contributed by atoms with Crippen LogP contribution in [0, 0.1) is 63.1 Å². The Balaban J connectivity index is 1.24. The van der Waals surface area contributed by atoms with Gasteiger partial charge in [0, 0.05) is 23.8 Å². The molecule has 0 aromatic rings. The molecule has 8 rings (SSSR count). The van der Waals surface area contributed by atoms with Crippen molar-refractivity contribution in [3.63, 3.8) is 0 Å². The molecule has 6 fully saturated rings. The molecule has 0 spiro atoms. The first kappa shape index (κ1) is 29.8. The largest absolute Gasteiger partial charge is 0.393 e. The highest BCUT2D eigenvalue weighted by atomic mass is 16.3. The summed E-state index contributed by atoms with van der Waals surface area (Å²) in [7, 11) is 0. The lowest BCUT2D eigenvalue weighted by Crippen LogP contribution is -2.57. The maximum Gasteiger partial charge on any atom is 0.167 e. The molecule has 0 aromatic heterocycles. The van der Waals surface area contributed by atoms with Crippen molar-refractivity contribution < 1.29 is 29.7 Å². The number of carbonyl (C=O) groups is 3. The third kappa shape index (κ3) is 3.57. The van der Waals surface area contributed by atoms with Crippen molar-refractivity contribution in [1.29, 1.82) is 0 Å². The van der Waals surface area contributed by atoms with Gasteiger partial charge in [-0.25, -0.2) is 0 Å². The van der Waals surface area contributed by atoms with Gasteiger partial charge >= 0.3 is 0 Å². The van der Waals surface area contributed by atoms with Gasteiger partial charge in [-0.05, 0) is 146 Å². The zero-order valence-corrected chi connectivity index (χ0v) is 27.1. The first-order chi connectivity index (χ1) is 20.7. The number of aliphatic hydroxyl groups excluding tert-OH is 3. The minimum Gasteiger partial charge on any atom is -0.393 e. The monoisotopic (exact) mass is 604 g/mol. The predicted octanol–water partition coefficient (Wildman–Crippen LogP) is 5.52. The van der Waals surface area contributed by atoms with Gasteiger partial charge in [0.1, 0.15) is 6.10 Å². The fraction of sp³-hybridized carbons (Fsp3) is 0.816. The average Bonchev–Trinajstić information content (AvgIpc) is 3.41. The number of hydrogen-bond donors (Lipinski definition) is 3. The lowest BCUT2D eigenvalue weighted by Gasteiger charge is -2.62. The Morgan fingerprint density at radius 1 is 0.705 bits per heavy atom. The molecule has 0 saturated heterocycles. The topological polar surface area (TPSA) is 112 Å². The predicted molar refractivity (Wildman–Crippen MR) is 165 cm³/mol. The molecule has 0 bridgehead atoms. The summed E-state index contributed by atoms with van der Waals surface area (Å²) in [4.78, 5) is 40.9. The van der Waals surface area contributed by atoms with E-state index in [1.165, 1.54) is 0 Å². The van der Waals surface area contributed by atoms with Crippen LogP contribution in [0.15, 0.2) is 22.8 Å². The van der Waals surface area contributed by atoms with Crippen LogP contribution in [0.4, 0.5) is 0 Å². The molecule has 0 radical (unpaired) electrons. The van der Waals surface area contributed by atoms with Gasteiger partial charge in [-0.15, -0.1) is 0 Å². The van der Waals surface area contributed by atoms with Gasteiger partial charge in [0.05, 0.1) is 12.2 Å². The minimum atomic E-state index is -0.883. The van der Waals surface area contributed by atoms with Gasteiger partial charge in [-0.3, -0.25) is 14.4 Å². The first-order valence-corrected chi connectivity index (χ1v) is 17.9. The zero-order chi connectivity index (χ0) is 31.1. The van der Waals surface area contributed by atoms with Crippen LogP contribution >= 0.6 is 0 Å². The zero-order valence-electron chi connectivity index (χ0n) is 27.1. The number of rotatable bonds is 1. The van der Waals surface area contributed by atoms with Crippen molar-refractivity contribution >= 4 is 17.3 Å². The van der Waals surface area contributed by atoms with Crippen LogP contribution in [0.1, 0.15) is 111 Å². The third-order valence-electron chi connectivity index (χ3n) is 16.3. The Bertz CT molecular complexity index is 1390. The Hall–Kier alpha value is -1.63. The Morgan fingerprint density at radius 3 is 2.23 bits per heavy atom. The standard InChI is InChI=1S/C38H52O6/c1-35-12-9-24-22(23(35)7-8-31(35)43)17-29(41)33-32(28(40)11-14-36(24,33)2)27-16-20(39)15-19-5-6-21-25(38(19,27)4)10-13-37(3)26(21)18-30(42)34(37)44/h16,19,21-26,29-31,41-43H,5-15,17-18H2,1-4H3/t19?,21-,22+,23+,24+,25-,26+,29?,30?,31+,35+,36-,37+,38+/m1/s1. The summed E-state index contributed by atoms with van der Waals surface area (Å²) >= 11 is 0. The second kappa shape index (κ2) is 9.47. The van der Waals surface area contributed by atoms with Crippen LogP contribution in [-0.4, -0.2) is 51.0 Å². The molecule has 14 atom stereocenters. The SMILES string of the molecule is C[C@]12CC[C@H]3[C@@H](CC(O)C4=C(C5=CC(=O)CC6CC[C@@H]7[C@@H](CC[C@]8(C)C(=O)C(O)C[C@@H]78)[C@@]56C)C(=O)CC[C@@]43C)[C@@H]1CC[C@@H]2O. The van der Waals surface area contributed by atoms with E-state index in [0.717, 1.165) is 68.9 Å². The maximum absolute atomic E-state index is 14.2. The Labute approximate surface area is 262 Å². The van der Waals surface area contributed by atoms with E-state index in [9.17, 15) is 29.7 Å². The highest BCUT2D eigenvalue weighted by Gasteiger charge is 2.65. The molecule has 0 aliphatic heterocycles. The fourth-order valence-corrected chi connectivity index (χ4v) is 14.0. The van der Waals surface area contributed by atoms with Gasteiger partial charge in [0.15, 0.2) is 17.3 Å². The van der Waals surface area contributed by atoms with Gasteiger partial charge in [-0.2, -0.15) is 0 Å². The van der Waals surface area contributed by atoms with Crippen LogP contribution in [0.2, 0.25) is 0 Å². The van der Waals surface area contributed by atoms with E-state index in [0.29, 0.717) is 49.0 Å². The maximum atomic E-state index is 14.2. The highest BCUT2D eigenvalue weighted by molar-refractivity contribution is 6.05. The van der Waals surface area contributed by atoms with Crippen molar-refractivity contribution in [3.8, 4) is 0 Å². The number of hydrogen-bond acceptors (Lipinski definition) is 6. The van der Waals surface area contributed by atoms with Crippen LogP contribution in [-0.2, 0) is 14.4 Å². The molecule has 0 amide bonds. The van der Waals surface area contributed by atoms with Crippen LogP contribution < -0.4 is 0 Å². The molecule has 240 valence electrons. The molecule has 8 aliphatic rings. The van der Waals surface area contributed by atoms with E-state index >= 15 is 0 Å². The molecule has 6 heteroatoms. The van der Waals surface area contributed by atoms with Crippen molar-refractivity contribution in [1.82, 2.24) is 0 Å². The van der Waals surface area contributed by atoms with E-state index in [1.807, 2.05) is 0 Å². The Morgan fingerprint density at radius 2 is 1.45 bits per heavy atom. The third-order valence-corrected chi connectivity index (χ3v) is 16.3. The van der Waals surface area contributed by atoms with Gasteiger partial charge in [0.25, 0.3) is 0 Å². The average molecular weight is 605 g/mol. The highest BCUT2D eigenvalue weighted by Crippen LogP contribution is 2.70. The number of allylic oxidation sites excluding steroid dienone is 2. The first-order valence-electron chi connectivity index (χ1n) is 17.9. The van der Waals surface area contributed by atoms with Crippen molar-refractivity contribution in [3.05, 3.63) is 22.8 Å². The number of aliphatic hydroxyl groups is 3. The quantitative estimate of drug-likeness (QED) is 0.364. The summed E-state index contributed by atoms with van der Waals surface area (Å²) in [6.45, 7) is 8.93. The summed E-state index contributed by atoms with van der Waals surface area (Å²) in [6.07, 6.45) is 10.0. The number of fused-ring (bicyclic) bond motifs is 10. The van der Waals surface area contributed by atoms with Crippen molar-refractivity contribution in [2.45, 2.75) is 129 Å². The van der Waals surface area contributed by atoms with E-state index in [4.69, 9.17) is 0 Å². The van der Waals surface area contributed by atoms with E-state index < -0.39 is 17.6 Å². The molecule has 44 heavy (non-hydrogen) atoms. The van der Waals surface area contributed by atoms with Crippen molar-refractivity contribution in [2.24, 2.45) is 63.1 Å². The van der Waals surface area contributed by atoms with E-state index in [-0.39, 0.29) is 63.4 Å². The molecular weight excluding hydrogens is 552 g/mol. The summed E-state index contributed by atoms with van der Waals surface area (Å²) in [6, 6.07) is 0. The molecule has 8 aliphatic carbocycles. The number of carbonyl (C=O) groups excluding carboxylic acids is 3. The van der Waals surface area contributed by atoms with E-state index in [1.54, 1.807) is 6.08 Å². The normalized spacial score (nSPS) is 55.0. The fourth-order valence-electron chi connectivity index (χ4n) is 14.0. The van der Waals surface area contributed by atoms with Gasteiger partial charge in [-0.1, -0.05) is 27.7 Å². The number of ketones is 3. The minimum absolute atomic E-state index is 0.00390. The van der Waals surface area contributed by atoms with Gasteiger partial charge < -0.3 is 15.3 Å². The summed E-state index contributed by atoms with van der Waals surface area (Å²) in [5.41, 5.74) is 1.21. The smallest absolute Gasteiger partial charge is 0.167 e. The Kier molecular flexibility index (Phi) is 6.40. The molecule has 0 aromatic carbocycles. The van der Waals surface area contributed by atoms with Crippen LogP contribution in [0.25, 0.3) is 0 Å². The van der Waals surface area contributed by atoms with E-state index in [2.05, 4.69) is 27.7 Å². The molecule has 3 N–H and O–H groups in total. The van der Waals surface area contributed by atoms with Crippen LogP contribution in [0.3, 0.4) is 0 Å². The second-order valence-corrected chi connectivity index (χ2v) is 17.6. The lowest BCUT2D eigenvalue weighted by molar-refractivity contribution is -0.139. The molecule has 6 saturated carbocycles.